The Balaban J connectivity index is 1.45. The monoisotopic (exact) mass is 347 g/mol. The summed E-state index contributed by atoms with van der Waals surface area (Å²) in [5.41, 5.74) is 0.508. The van der Waals surface area contributed by atoms with Crippen LogP contribution in [0.1, 0.15) is 34.7 Å². The Bertz CT molecular complexity index is 721. The molecule has 0 aliphatic carbocycles. The highest BCUT2D eigenvalue weighted by Gasteiger charge is 2.33. The minimum atomic E-state index is -0.912. The molecule has 1 aromatic heterocycles. The third kappa shape index (κ3) is 4.24. The van der Waals surface area contributed by atoms with Crippen molar-refractivity contribution < 1.29 is 18.8 Å². The van der Waals surface area contributed by atoms with Crippen molar-refractivity contribution in [1.29, 1.82) is 0 Å². The fourth-order valence-corrected chi connectivity index (χ4v) is 3.08. The van der Waals surface area contributed by atoms with Gasteiger partial charge in [0.15, 0.2) is 0 Å². The number of aromatic nitrogens is 1. The number of aliphatic hydroxyl groups is 1. The van der Waals surface area contributed by atoms with Gasteiger partial charge in [-0.15, -0.1) is 0 Å². The van der Waals surface area contributed by atoms with Crippen LogP contribution in [-0.4, -0.2) is 47.2 Å². The van der Waals surface area contributed by atoms with E-state index in [2.05, 4.69) is 15.4 Å². The molecular formula is C18H22FN3O3. The molecule has 0 spiro atoms. The maximum Gasteiger partial charge on any atom is 0.289 e. The van der Waals surface area contributed by atoms with Crippen LogP contribution in [0.25, 0.3) is 0 Å². The summed E-state index contributed by atoms with van der Waals surface area (Å²) < 4.78 is 18.0. The molecule has 1 fully saturated rings. The molecule has 1 saturated heterocycles. The second kappa shape index (κ2) is 7.33. The molecule has 1 amide bonds. The van der Waals surface area contributed by atoms with E-state index in [-0.39, 0.29) is 17.5 Å². The van der Waals surface area contributed by atoms with Crippen LogP contribution in [0.4, 0.5) is 4.39 Å². The van der Waals surface area contributed by atoms with Crippen LogP contribution < -0.4 is 5.32 Å². The highest BCUT2D eigenvalue weighted by atomic mass is 19.1. The van der Waals surface area contributed by atoms with E-state index in [0.29, 0.717) is 44.7 Å². The predicted molar refractivity (Wildman–Crippen MR) is 89.5 cm³/mol. The molecule has 0 atom stereocenters. The van der Waals surface area contributed by atoms with Gasteiger partial charge in [-0.1, -0.05) is 17.3 Å². The van der Waals surface area contributed by atoms with E-state index in [4.69, 9.17) is 4.52 Å². The van der Waals surface area contributed by atoms with Crippen molar-refractivity contribution in [3.05, 3.63) is 53.2 Å². The molecule has 1 aliphatic heterocycles. The first-order valence-corrected chi connectivity index (χ1v) is 8.39. The van der Waals surface area contributed by atoms with Crippen molar-refractivity contribution >= 4 is 5.91 Å². The number of aryl methyl sites for hydroxylation is 1. The summed E-state index contributed by atoms with van der Waals surface area (Å²) in [7, 11) is 0. The highest BCUT2D eigenvalue weighted by Crippen LogP contribution is 2.32. The average Bonchev–Trinajstić information content (AvgIpc) is 3.04. The fourth-order valence-electron chi connectivity index (χ4n) is 3.08. The lowest BCUT2D eigenvalue weighted by Crippen LogP contribution is -2.45. The summed E-state index contributed by atoms with van der Waals surface area (Å²) in [6.45, 7) is 4.37. The lowest BCUT2D eigenvalue weighted by atomic mass is 9.84. The summed E-state index contributed by atoms with van der Waals surface area (Å²) in [4.78, 5) is 14.1. The number of carbonyl (C=O) groups excluding carboxylic acids is 1. The van der Waals surface area contributed by atoms with Crippen LogP contribution in [-0.2, 0) is 5.60 Å². The first-order chi connectivity index (χ1) is 12.0. The number of likely N-dealkylation sites (tertiary alicyclic amines) is 1. The fraction of sp³-hybridized carbons (Fsp3) is 0.444. The second-order valence-electron chi connectivity index (χ2n) is 6.47. The van der Waals surface area contributed by atoms with Gasteiger partial charge in [-0.3, -0.25) is 4.79 Å². The van der Waals surface area contributed by atoms with Crippen molar-refractivity contribution in [2.24, 2.45) is 0 Å². The molecule has 2 N–H and O–H groups in total. The van der Waals surface area contributed by atoms with Gasteiger partial charge in [0.1, 0.15) is 5.82 Å². The number of carbonyl (C=O) groups is 1. The first kappa shape index (κ1) is 17.6. The number of hydrogen-bond donors (Lipinski definition) is 2. The standard InChI is InChI=1S/C18H22FN3O3/c1-13-12-16(25-21-13)17(23)20-8-11-22-9-6-18(24,7-10-22)14-2-4-15(19)5-3-14/h2-5,12,24H,6-11H2,1H3,(H,20,23). The Hall–Kier alpha value is -2.25. The van der Waals surface area contributed by atoms with E-state index in [1.165, 1.54) is 12.1 Å². The Morgan fingerprint density at radius 3 is 2.64 bits per heavy atom. The quantitative estimate of drug-likeness (QED) is 0.863. The minimum absolute atomic E-state index is 0.210. The number of hydrogen-bond acceptors (Lipinski definition) is 5. The zero-order valence-corrected chi connectivity index (χ0v) is 14.2. The normalized spacial score (nSPS) is 17.4. The molecule has 25 heavy (non-hydrogen) atoms. The van der Waals surface area contributed by atoms with Crippen LogP contribution in [0.2, 0.25) is 0 Å². The van der Waals surface area contributed by atoms with Crippen LogP contribution >= 0.6 is 0 Å². The first-order valence-electron chi connectivity index (χ1n) is 8.39. The van der Waals surface area contributed by atoms with Crippen LogP contribution in [0, 0.1) is 12.7 Å². The Kier molecular flexibility index (Phi) is 5.15. The van der Waals surface area contributed by atoms with Gasteiger partial charge >= 0.3 is 0 Å². The Labute approximate surface area is 145 Å². The summed E-state index contributed by atoms with van der Waals surface area (Å²) in [5.74, 6) is -0.371. The largest absolute Gasteiger partial charge is 0.385 e. The number of benzene rings is 1. The molecule has 6 nitrogen and oxygen atoms in total. The number of amides is 1. The summed E-state index contributed by atoms with van der Waals surface area (Å²) in [6.07, 6.45) is 1.15. The third-order valence-corrected chi connectivity index (χ3v) is 4.63. The molecular weight excluding hydrogens is 325 g/mol. The van der Waals surface area contributed by atoms with Gasteiger partial charge in [0.25, 0.3) is 5.91 Å². The maximum absolute atomic E-state index is 13.0. The van der Waals surface area contributed by atoms with Gasteiger partial charge in [-0.05, 0) is 37.5 Å². The zero-order valence-electron chi connectivity index (χ0n) is 14.2. The van der Waals surface area contributed by atoms with Crippen molar-refractivity contribution in [2.75, 3.05) is 26.2 Å². The van der Waals surface area contributed by atoms with Gasteiger partial charge in [-0.25, -0.2) is 4.39 Å². The van der Waals surface area contributed by atoms with Crippen LogP contribution in [0.15, 0.2) is 34.9 Å². The second-order valence-corrected chi connectivity index (χ2v) is 6.47. The summed E-state index contributed by atoms with van der Waals surface area (Å²) in [5, 5.41) is 17.3. The molecule has 2 aromatic rings. The molecule has 0 radical (unpaired) electrons. The van der Waals surface area contributed by atoms with Crippen molar-refractivity contribution in [3.63, 3.8) is 0 Å². The van der Waals surface area contributed by atoms with Crippen LogP contribution in [0.3, 0.4) is 0 Å². The van der Waals surface area contributed by atoms with Gasteiger partial charge in [0.05, 0.1) is 11.3 Å². The smallest absolute Gasteiger partial charge is 0.289 e. The SMILES string of the molecule is Cc1cc(C(=O)NCCN2CCC(O)(c3ccc(F)cc3)CC2)on1. The summed E-state index contributed by atoms with van der Waals surface area (Å²) in [6, 6.07) is 7.63. The van der Waals surface area contributed by atoms with Crippen LogP contribution in [0.5, 0.6) is 0 Å². The molecule has 134 valence electrons. The predicted octanol–water partition coefficient (Wildman–Crippen LogP) is 1.84. The number of nitrogens with zero attached hydrogens (tertiary/aromatic N) is 2. The van der Waals surface area contributed by atoms with Gasteiger partial charge in [0, 0.05) is 32.2 Å². The van der Waals surface area contributed by atoms with Crippen molar-refractivity contribution in [2.45, 2.75) is 25.4 Å². The highest BCUT2D eigenvalue weighted by molar-refractivity contribution is 5.91. The molecule has 0 unspecified atom stereocenters. The molecule has 1 aromatic carbocycles. The topological polar surface area (TPSA) is 78.6 Å². The number of rotatable bonds is 5. The molecule has 0 saturated carbocycles. The number of halogens is 1. The lowest BCUT2D eigenvalue weighted by Gasteiger charge is -2.38. The van der Waals surface area contributed by atoms with E-state index in [1.807, 2.05) is 0 Å². The van der Waals surface area contributed by atoms with Gasteiger partial charge in [-0.2, -0.15) is 0 Å². The molecule has 2 heterocycles. The van der Waals surface area contributed by atoms with E-state index in [1.54, 1.807) is 25.1 Å². The Morgan fingerprint density at radius 2 is 2.04 bits per heavy atom. The zero-order chi connectivity index (χ0) is 17.9. The number of nitrogens with one attached hydrogen (secondary N) is 1. The minimum Gasteiger partial charge on any atom is -0.385 e. The van der Waals surface area contributed by atoms with E-state index in [0.717, 1.165) is 5.56 Å². The molecule has 3 rings (SSSR count). The average molecular weight is 347 g/mol. The van der Waals surface area contributed by atoms with Gasteiger partial charge in [0.2, 0.25) is 5.76 Å². The van der Waals surface area contributed by atoms with E-state index < -0.39 is 5.60 Å². The van der Waals surface area contributed by atoms with Crippen molar-refractivity contribution in [1.82, 2.24) is 15.4 Å². The molecule has 1 aliphatic rings. The van der Waals surface area contributed by atoms with Gasteiger partial charge < -0.3 is 19.8 Å². The Morgan fingerprint density at radius 1 is 1.36 bits per heavy atom. The molecule has 7 heteroatoms. The van der Waals surface area contributed by atoms with Crippen molar-refractivity contribution in [3.8, 4) is 0 Å². The maximum atomic E-state index is 13.0. The van der Waals surface area contributed by atoms with E-state index >= 15 is 0 Å². The third-order valence-electron chi connectivity index (χ3n) is 4.63. The summed E-state index contributed by atoms with van der Waals surface area (Å²) >= 11 is 0. The van der Waals surface area contributed by atoms with E-state index in [9.17, 15) is 14.3 Å². The number of piperidine rings is 1. The molecule has 0 bridgehead atoms. The lowest BCUT2D eigenvalue weighted by molar-refractivity contribution is -0.0255.